The molecule has 3 atom stereocenters. The second-order valence-electron chi connectivity index (χ2n) is 7.38. The SMILES string of the molecule is CCCCOC(=O)C1C2CCC(C2)N1C(=O)NC1CCCCC1. The number of ether oxygens (including phenoxy) is 1. The van der Waals surface area contributed by atoms with Crippen LogP contribution in [0, 0.1) is 5.92 Å². The van der Waals surface area contributed by atoms with Crippen LogP contribution < -0.4 is 5.32 Å². The molecule has 2 aliphatic carbocycles. The average Bonchev–Trinajstić information content (AvgIpc) is 3.17. The molecule has 0 aromatic carbocycles. The van der Waals surface area contributed by atoms with Crippen LogP contribution in [-0.4, -0.2) is 41.6 Å². The standard InChI is InChI=1S/C18H30N2O3/c1-2-3-11-23-17(21)16-13-9-10-15(12-13)20(16)18(22)19-14-7-5-4-6-8-14/h13-16H,2-12H2,1H3,(H,19,22). The molecule has 2 bridgehead atoms. The first kappa shape index (κ1) is 16.6. The number of nitrogens with zero attached hydrogens (tertiary/aromatic N) is 1. The van der Waals surface area contributed by atoms with Gasteiger partial charge in [-0.2, -0.15) is 0 Å². The van der Waals surface area contributed by atoms with Crippen LogP contribution in [0.15, 0.2) is 0 Å². The zero-order valence-corrected chi connectivity index (χ0v) is 14.3. The van der Waals surface area contributed by atoms with E-state index in [1.54, 1.807) is 0 Å². The molecule has 3 unspecified atom stereocenters. The predicted octanol–water partition coefficient (Wildman–Crippen LogP) is 3.22. The Kier molecular flexibility index (Phi) is 5.44. The van der Waals surface area contributed by atoms with Gasteiger partial charge in [-0.3, -0.25) is 0 Å². The van der Waals surface area contributed by atoms with Gasteiger partial charge in [0.15, 0.2) is 0 Å². The van der Waals surface area contributed by atoms with Gasteiger partial charge in [0.1, 0.15) is 6.04 Å². The number of fused-ring (bicyclic) bond motifs is 2. The average molecular weight is 322 g/mol. The Bertz CT molecular complexity index is 434. The van der Waals surface area contributed by atoms with Crippen molar-refractivity contribution in [3.05, 3.63) is 0 Å². The number of hydrogen-bond acceptors (Lipinski definition) is 3. The third-order valence-electron chi connectivity index (χ3n) is 5.74. The molecule has 2 saturated carbocycles. The summed E-state index contributed by atoms with van der Waals surface area (Å²) in [6, 6.07) is 0.121. The van der Waals surface area contributed by atoms with Crippen molar-refractivity contribution in [3.63, 3.8) is 0 Å². The Morgan fingerprint density at radius 1 is 1.13 bits per heavy atom. The number of carbonyl (C=O) groups excluding carboxylic acids is 2. The first-order chi connectivity index (χ1) is 11.2. The number of hydrogen-bond donors (Lipinski definition) is 1. The summed E-state index contributed by atoms with van der Waals surface area (Å²) >= 11 is 0. The molecule has 1 heterocycles. The molecule has 2 amide bonds. The van der Waals surface area contributed by atoms with Gasteiger partial charge in [-0.25, -0.2) is 9.59 Å². The van der Waals surface area contributed by atoms with E-state index in [0.29, 0.717) is 12.5 Å². The summed E-state index contributed by atoms with van der Waals surface area (Å²) in [7, 11) is 0. The van der Waals surface area contributed by atoms with E-state index < -0.39 is 0 Å². The van der Waals surface area contributed by atoms with Crippen molar-refractivity contribution >= 4 is 12.0 Å². The molecule has 130 valence electrons. The number of rotatable bonds is 5. The van der Waals surface area contributed by atoms with Gasteiger partial charge in [0, 0.05) is 12.1 Å². The topological polar surface area (TPSA) is 58.6 Å². The lowest BCUT2D eigenvalue weighted by atomic mass is 9.95. The minimum Gasteiger partial charge on any atom is -0.464 e. The van der Waals surface area contributed by atoms with Gasteiger partial charge in [-0.05, 0) is 44.4 Å². The van der Waals surface area contributed by atoms with Crippen molar-refractivity contribution in [1.29, 1.82) is 0 Å². The fourth-order valence-corrected chi connectivity index (χ4v) is 4.48. The van der Waals surface area contributed by atoms with Crippen LogP contribution >= 0.6 is 0 Å². The summed E-state index contributed by atoms with van der Waals surface area (Å²) in [5.74, 6) is 0.107. The quantitative estimate of drug-likeness (QED) is 0.624. The van der Waals surface area contributed by atoms with Crippen LogP contribution in [0.1, 0.15) is 71.1 Å². The van der Waals surface area contributed by atoms with Crippen LogP contribution in [0.25, 0.3) is 0 Å². The van der Waals surface area contributed by atoms with Crippen LogP contribution in [-0.2, 0) is 9.53 Å². The number of piperidine rings is 1. The molecule has 1 saturated heterocycles. The first-order valence-electron chi connectivity index (χ1n) is 9.46. The smallest absolute Gasteiger partial charge is 0.329 e. The second kappa shape index (κ2) is 7.54. The van der Waals surface area contributed by atoms with Crippen molar-refractivity contribution < 1.29 is 14.3 Å². The maximum absolute atomic E-state index is 12.8. The fourth-order valence-electron chi connectivity index (χ4n) is 4.48. The highest BCUT2D eigenvalue weighted by atomic mass is 16.5. The molecule has 23 heavy (non-hydrogen) atoms. The molecule has 0 aromatic heterocycles. The molecule has 5 nitrogen and oxygen atoms in total. The molecular formula is C18H30N2O3. The highest BCUT2D eigenvalue weighted by molar-refractivity contribution is 5.85. The summed E-state index contributed by atoms with van der Waals surface area (Å²) < 4.78 is 5.43. The molecule has 5 heteroatoms. The minimum atomic E-state index is -0.353. The van der Waals surface area contributed by atoms with Crippen LogP contribution in [0.2, 0.25) is 0 Å². The van der Waals surface area contributed by atoms with Crippen molar-refractivity contribution in [2.24, 2.45) is 5.92 Å². The van der Waals surface area contributed by atoms with Gasteiger partial charge < -0.3 is 15.0 Å². The van der Waals surface area contributed by atoms with Crippen LogP contribution in [0.3, 0.4) is 0 Å². The molecule has 1 N–H and O–H groups in total. The highest BCUT2D eigenvalue weighted by Gasteiger charge is 2.52. The lowest BCUT2D eigenvalue weighted by Crippen LogP contribution is -2.55. The molecule has 0 aromatic rings. The van der Waals surface area contributed by atoms with E-state index in [2.05, 4.69) is 12.2 Å². The highest BCUT2D eigenvalue weighted by Crippen LogP contribution is 2.43. The number of carbonyl (C=O) groups is 2. The molecule has 3 fully saturated rings. The summed E-state index contributed by atoms with van der Waals surface area (Å²) in [6.07, 6.45) is 10.7. The molecule has 1 aliphatic heterocycles. The van der Waals surface area contributed by atoms with Gasteiger partial charge in [0.2, 0.25) is 0 Å². The second-order valence-corrected chi connectivity index (χ2v) is 7.38. The Morgan fingerprint density at radius 3 is 2.65 bits per heavy atom. The van der Waals surface area contributed by atoms with Gasteiger partial charge in [-0.1, -0.05) is 32.6 Å². The third kappa shape index (κ3) is 3.64. The van der Waals surface area contributed by atoms with E-state index in [1.165, 1.54) is 19.3 Å². The molecule has 0 spiro atoms. The number of likely N-dealkylation sites (tertiary alicyclic amines) is 1. The van der Waals surface area contributed by atoms with Crippen molar-refractivity contribution in [1.82, 2.24) is 10.2 Å². The van der Waals surface area contributed by atoms with Crippen molar-refractivity contribution in [3.8, 4) is 0 Å². The fraction of sp³-hybridized carbons (Fsp3) is 0.889. The third-order valence-corrected chi connectivity index (χ3v) is 5.74. The monoisotopic (exact) mass is 322 g/mol. The summed E-state index contributed by atoms with van der Waals surface area (Å²) in [4.78, 5) is 27.0. The Balaban J connectivity index is 1.60. The maximum Gasteiger partial charge on any atom is 0.329 e. The Hall–Kier alpha value is -1.26. The Labute approximate surface area is 139 Å². The summed E-state index contributed by atoms with van der Waals surface area (Å²) in [5, 5.41) is 3.18. The molecule has 3 aliphatic rings. The van der Waals surface area contributed by atoms with Gasteiger partial charge in [0.25, 0.3) is 0 Å². The summed E-state index contributed by atoms with van der Waals surface area (Å²) in [5.41, 5.74) is 0. The van der Waals surface area contributed by atoms with Crippen molar-refractivity contribution in [2.45, 2.75) is 89.3 Å². The number of unbranched alkanes of at least 4 members (excludes halogenated alkanes) is 1. The van der Waals surface area contributed by atoms with Crippen molar-refractivity contribution in [2.75, 3.05) is 6.61 Å². The number of amides is 2. The zero-order valence-electron chi connectivity index (χ0n) is 14.3. The lowest BCUT2D eigenvalue weighted by molar-refractivity contribution is -0.150. The molecular weight excluding hydrogens is 292 g/mol. The van der Waals surface area contributed by atoms with Gasteiger partial charge in [0.05, 0.1) is 6.61 Å². The Morgan fingerprint density at radius 2 is 1.91 bits per heavy atom. The maximum atomic E-state index is 12.8. The normalized spacial score (nSPS) is 30.5. The van der Waals surface area contributed by atoms with Crippen LogP contribution in [0.5, 0.6) is 0 Å². The summed E-state index contributed by atoms with van der Waals surface area (Å²) in [6.45, 7) is 2.55. The van der Waals surface area contributed by atoms with E-state index in [0.717, 1.165) is 44.9 Å². The van der Waals surface area contributed by atoms with Crippen LogP contribution in [0.4, 0.5) is 4.79 Å². The first-order valence-corrected chi connectivity index (χ1v) is 9.46. The van der Waals surface area contributed by atoms with Gasteiger partial charge in [-0.15, -0.1) is 0 Å². The lowest BCUT2D eigenvalue weighted by Gasteiger charge is -2.35. The predicted molar refractivity (Wildman–Crippen MR) is 88.0 cm³/mol. The molecule has 0 radical (unpaired) electrons. The largest absolute Gasteiger partial charge is 0.464 e. The van der Waals surface area contributed by atoms with Gasteiger partial charge >= 0.3 is 12.0 Å². The van der Waals surface area contributed by atoms with E-state index in [4.69, 9.17) is 4.74 Å². The van der Waals surface area contributed by atoms with E-state index in [9.17, 15) is 9.59 Å². The van der Waals surface area contributed by atoms with E-state index >= 15 is 0 Å². The number of nitrogens with one attached hydrogen (secondary N) is 1. The molecule has 3 rings (SSSR count). The number of esters is 1. The van der Waals surface area contributed by atoms with E-state index in [-0.39, 0.29) is 30.1 Å². The minimum absolute atomic E-state index is 0.0402. The number of urea groups is 1. The van der Waals surface area contributed by atoms with E-state index in [1.807, 2.05) is 4.90 Å². The zero-order chi connectivity index (χ0) is 16.2.